The van der Waals surface area contributed by atoms with E-state index in [4.69, 9.17) is 5.11 Å². The lowest BCUT2D eigenvalue weighted by Gasteiger charge is -2.06. The van der Waals surface area contributed by atoms with Gasteiger partial charge in [0.2, 0.25) is 5.91 Å². The lowest BCUT2D eigenvalue weighted by Crippen LogP contribution is -2.05. The highest BCUT2D eigenvalue weighted by Gasteiger charge is 2.05. The predicted octanol–water partition coefficient (Wildman–Crippen LogP) is 3.01. The molecule has 0 saturated carbocycles. The number of benzene rings is 2. The Morgan fingerprint density at radius 3 is 2.26 bits per heavy atom. The van der Waals surface area contributed by atoms with Crippen LogP contribution in [0.2, 0.25) is 0 Å². The summed E-state index contributed by atoms with van der Waals surface area (Å²) in [6.45, 7) is 1.44. The molecule has 0 bridgehead atoms. The molecule has 0 unspecified atom stereocenters. The van der Waals surface area contributed by atoms with Crippen molar-refractivity contribution < 1.29 is 14.7 Å². The van der Waals surface area contributed by atoms with Gasteiger partial charge in [-0.1, -0.05) is 24.3 Å². The van der Waals surface area contributed by atoms with Gasteiger partial charge in [0.15, 0.2) is 0 Å². The van der Waals surface area contributed by atoms with Crippen molar-refractivity contribution in [3.05, 3.63) is 54.1 Å². The van der Waals surface area contributed by atoms with Crippen LogP contribution in [-0.2, 0) is 4.79 Å². The van der Waals surface area contributed by atoms with Crippen LogP contribution in [0.25, 0.3) is 11.1 Å². The quantitative estimate of drug-likeness (QED) is 0.885. The van der Waals surface area contributed by atoms with Gasteiger partial charge in [-0.05, 0) is 35.4 Å². The molecule has 2 aromatic carbocycles. The normalized spacial score (nSPS) is 9.95. The molecular weight excluding hydrogens is 242 g/mol. The fourth-order valence-electron chi connectivity index (χ4n) is 1.81. The molecule has 0 radical (unpaired) electrons. The smallest absolute Gasteiger partial charge is 0.335 e. The van der Waals surface area contributed by atoms with E-state index in [9.17, 15) is 9.59 Å². The fraction of sp³-hybridized carbons (Fsp3) is 0.0667. The molecule has 0 heterocycles. The number of anilines is 1. The summed E-state index contributed by atoms with van der Waals surface area (Å²) in [7, 11) is 0. The van der Waals surface area contributed by atoms with Crippen molar-refractivity contribution in [2.45, 2.75) is 6.92 Å². The van der Waals surface area contributed by atoms with Gasteiger partial charge >= 0.3 is 5.97 Å². The molecule has 0 aliphatic heterocycles. The number of carbonyl (C=O) groups is 2. The highest BCUT2D eigenvalue weighted by atomic mass is 16.4. The summed E-state index contributed by atoms with van der Waals surface area (Å²) in [5.41, 5.74) is 2.58. The van der Waals surface area contributed by atoms with Crippen LogP contribution in [-0.4, -0.2) is 17.0 Å². The Kier molecular flexibility index (Phi) is 3.61. The number of hydrogen-bond acceptors (Lipinski definition) is 2. The Labute approximate surface area is 110 Å². The van der Waals surface area contributed by atoms with Gasteiger partial charge in [0, 0.05) is 12.6 Å². The van der Waals surface area contributed by atoms with E-state index in [-0.39, 0.29) is 11.5 Å². The maximum absolute atomic E-state index is 11.0. The molecule has 96 valence electrons. The van der Waals surface area contributed by atoms with E-state index in [1.165, 1.54) is 6.92 Å². The first-order valence-corrected chi connectivity index (χ1v) is 5.77. The van der Waals surface area contributed by atoms with Crippen molar-refractivity contribution >= 4 is 17.6 Å². The molecule has 0 atom stereocenters. The third-order valence-corrected chi connectivity index (χ3v) is 2.63. The van der Waals surface area contributed by atoms with Crippen LogP contribution < -0.4 is 5.32 Å². The molecule has 4 nitrogen and oxygen atoms in total. The van der Waals surface area contributed by atoms with Crippen molar-refractivity contribution in [1.82, 2.24) is 0 Å². The second-order valence-corrected chi connectivity index (χ2v) is 4.15. The van der Waals surface area contributed by atoms with Gasteiger partial charge in [-0.25, -0.2) is 4.79 Å². The van der Waals surface area contributed by atoms with Crippen LogP contribution in [0.15, 0.2) is 48.5 Å². The second kappa shape index (κ2) is 5.35. The molecule has 19 heavy (non-hydrogen) atoms. The number of aromatic carboxylic acids is 1. The number of carboxylic acid groups (broad SMARTS) is 1. The van der Waals surface area contributed by atoms with Crippen LogP contribution in [0, 0.1) is 0 Å². The largest absolute Gasteiger partial charge is 0.478 e. The molecule has 2 aromatic rings. The molecular formula is C15H13NO3. The van der Waals surface area contributed by atoms with Crippen molar-refractivity contribution in [3.63, 3.8) is 0 Å². The topological polar surface area (TPSA) is 66.4 Å². The molecule has 0 aliphatic rings. The lowest BCUT2D eigenvalue weighted by molar-refractivity contribution is -0.114. The first-order chi connectivity index (χ1) is 9.06. The average molecular weight is 255 g/mol. The molecule has 0 spiro atoms. The maximum Gasteiger partial charge on any atom is 0.335 e. The first kappa shape index (κ1) is 12.8. The third-order valence-electron chi connectivity index (χ3n) is 2.63. The maximum atomic E-state index is 11.0. The minimum absolute atomic E-state index is 0.142. The molecule has 0 saturated heterocycles. The van der Waals surface area contributed by atoms with Crippen LogP contribution in [0.4, 0.5) is 5.69 Å². The van der Waals surface area contributed by atoms with Gasteiger partial charge < -0.3 is 10.4 Å². The number of carbonyl (C=O) groups excluding carboxylic acids is 1. The van der Waals surface area contributed by atoms with Crippen LogP contribution in [0.3, 0.4) is 0 Å². The van der Waals surface area contributed by atoms with Crippen molar-refractivity contribution in [3.8, 4) is 11.1 Å². The summed E-state index contributed by atoms with van der Waals surface area (Å²) < 4.78 is 0. The minimum atomic E-state index is -0.958. The first-order valence-electron chi connectivity index (χ1n) is 5.77. The Morgan fingerprint density at radius 1 is 1.00 bits per heavy atom. The zero-order valence-electron chi connectivity index (χ0n) is 10.4. The Balaban J connectivity index is 2.38. The standard InChI is InChI=1S/C15H13NO3/c1-10(17)16-14-7-3-5-12(9-14)11-4-2-6-13(8-11)15(18)19/h2-9H,1H3,(H,16,17)(H,18,19). The van der Waals surface area contributed by atoms with Gasteiger partial charge in [-0.15, -0.1) is 0 Å². The highest BCUT2D eigenvalue weighted by Crippen LogP contribution is 2.23. The number of nitrogens with one attached hydrogen (secondary N) is 1. The molecule has 0 aliphatic carbocycles. The number of rotatable bonds is 3. The molecule has 2 N–H and O–H groups in total. The molecule has 4 heteroatoms. The van der Waals surface area contributed by atoms with Gasteiger partial charge in [-0.3, -0.25) is 4.79 Å². The summed E-state index contributed by atoms with van der Waals surface area (Å²) in [5, 5.41) is 11.7. The second-order valence-electron chi connectivity index (χ2n) is 4.15. The van der Waals surface area contributed by atoms with Gasteiger partial charge in [0.25, 0.3) is 0 Å². The lowest BCUT2D eigenvalue weighted by atomic mass is 10.0. The zero-order chi connectivity index (χ0) is 13.8. The minimum Gasteiger partial charge on any atom is -0.478 e. The summed E-state index contributed by atoms with van der Waals surface area (Å²) in [6.07, 6.45) is 0. The van der Waals surface area contributed by atoms with Crippen LogP contribution >= 0.6 is 0 Å². The average Bonchev–Trinajstić information content (AvgIpc) is 2.38. The van der Waals surface area contributed by atoms with E-state index in [1.807, 2.05) is 24.3 Å². The van der Waals surface area contributed by atoms with Gasteiger partial charge in [0.05, 0.1) is 5.56 Å². The van der Waals surface area contributed by atoms with E-state index in [0.29, 0.717) is 5.69 Å². The number of hydrogen-bond donors (Lipinski definition) is 2. The zero-order valence-corrected chi connectivity index (χ0v) is 10.4. The monoisotopic (exact) mass is 255 g/mol. The number of amides is 1. The number of carboxylic acids is 1. The van der Waals surface area contributed by atoms with E-state index < -0.39 is 5.97 Å². The van der Waals surface area contributed by atoms with Crippen molar-refractivity contribution in [2.75, 3.05) is 5.32 Å². The predicted molar refractivity (Wildman–Crippen MR) is 73.1 cm³/mol. The summed E-state index contributed by atoms with van der Waals surface area (Å²) in [4.78, 5) is 22.0. The molecule has 0 aromatic heterocycles. The fourth-order valence-corrected chi connectivity index (χ4v) is 1.81. The van der Waals surface area contributed by atoms with Crippen molar-refractivity contribution in [2.24, 2.45) is 0 Å². The Bertz CT molecular complexity index is 635. The summed E-state index contributed by atoms with van der Waals surface area (Å²) in [6, 6.07) is 14.0. The van der Waals surface area contributed by atoms with Gasteiger partial charge in [-0.2, -0.15) is 0 Å². The molecule has 0 fully saturated rings. The van der Waals surface area contributed by atoms with Gasteiger partial charge in [0.1, 0.15) is 0 Å². The van der Waals surface area contributed by atoms with E-state index in [2.05, 4.69) is 5.32 Å². The highest BCUT2D eigenvalue weighted by molar-refractivity contribution is 5.91. The summed E-state index contributed by atoms with van der Waals surface area (Å²) in [5.74, 6) is -1.10. The third kappa shape index (κ3) is 3.19. The van der Waals surface area contributed by atoms with E-state index >= 15 is 0 Å². The SMILES string of the molecule is CC(=O)Nc1cccc(-c2cccc(C(=O)O)c2)c1. The van der Waals surface area contributed by atoms with E-state index in [1.54, 1.807) is 24.3 Å². The van der Waals surface area contributed by atoms with Crippen LogP contribution in [0.5, 0.6) is 0 Å². The van der Waals surface area contributed by atoms with Crippen molar-refractivity contribution in [1.29, 1.82) is 0 Å². The Morgan fingerprint density at radius 2 is 1.63 bits per heavy atom. The van der Waals surface area contributed by atoms with E-state index in [0.717, 1.165) is 11.1 Å². The Hall–Kier alpha value is -2.62. The summed E-state index contributed by atoms with van der Waals surface area (Å²) >= 11 is 0. The van der Waals surface area contributed by atoms with Crippen LogP contribution in [0.1, 0.15) is 17.3 Å². The molecule has 2 rings (SSSR count). The molecule has 1 amide bonds.